The predicted octanol–water partition coefficient (Wildman–Crippen LogP) is 2.91. The van der Waals surface area contributed by atoms with E-state index in [4.69, 9.17) is 4.74 Å². The molecular formula is C22H28N2O4S. The van der Waals surface area contributed by atoms with Gasteiger partial charge in [-0.3, -0.25) is 4.79 Å². The Bertz CT molecular complexity index is 978. The Morgan fingerprint density at radius 2 is 1.59 bits per heavy atom. The normalized spacial score (nSPS) is 16.5. The van der Waals surface area contributed by atoms with Crippen molar-refractivity contribution in [1.29, 1.82) is 0 Å². The Morgan fingerprint density at radius 1 is 0.966 bits per heavy atom. The number of carbonyl (C=O) groups excluding carboxylic acids is 1. The van der Waals surface area contributed by atoms with Gasteiger partial charge in [0.1, 0.15) is 5.75 Å². The number of rotatable bonds is 5. The quantitative estimate of drug-likeness (QED) is 0.752. The number of benzene rings is 2. The minimum atomic E-state index is -3.54. The topological polar surface area (TPSA) is 66.9 Å². The van der Waals surface area contributed by atoms with Crippen molar-refractivity contribution in [2.24, 2.45) is 0 Å². The highest BCUT2D eigenvalue weighted by Crippen LogP contribution is 2.23. The van der Waals surface area contributed by atoms with Crippen LogP contribution >= 0.6 is 0 Å². The molecule has 1 atom stereocenters. The number of carbonyl (C=O) groups is 1. The third kappa shape index (κ3) is 4.62. The number of amides is 1. The largest absolute Gasteiger partial charge is 0.481 e. The van der Waals surface area contributed by atoms with Crippen molar-refractivity contribution in [2.75, 3.05) is 26.2 Å². The summed E-state index contributed by atoms with van der Waals surface area (Å²) in [4.78, 5) is 14.8. The number of nitrogens with zero attached hydrogens (tertiary/aromatic N) is 2. The van der Waals surface area contributed by atoms with Gasteiger partial charge in [-0.15, -0.1) is 0 Å². The Hall–Kier alpha value is -2.38. The second-order valence-electron chi connectivity index (χ2n) is 7.50. The monoisotopic (exact) mass is 416 g/mol. The van der Waals surface area contributed by atoms with Crippen LogP contribution in [0.4, 0.5) is 0 Å². The second kappa shape index (κ2) is 8.55. The zero-order valence-electron chi connectivity index (χ0n) is 17.4. The first-order valence-electron chi connectivity index (χ1n) is 9.78. The summed E-state index contributed by atoms with van der Waals surface area (Å²) in [7, 11) is -3.54. The molecule has 0 aliphatic carbocycles. The average molecular weight is 417 g/mol. The highest BCUT2D eigenvalue weighted by molar-refractivity contribution is 7.89. The van der Waals surface area contributed by atoms with Gasteiger partial charge < -0.3 is 9.64 Å². The van der Waals surface area contributed by atoms with Crippen molar-refractivity contribution >= 4 is 15.9 Å². The zero-order chi connectivity index (χ0) is 21.2. The highest BCUT2D eigenvalue weighted by atomic mass is 32.2. The van der Waals surface area contributed by atoms with Gasteiger partial charge in [0, 0.05) is 26.2 Å². The average Bonchev–Trinajstić information content (AvgIpc) is 2.71. The van der Waals surface area contributed by atoms with E-state index in [2.05, 4.69) is 0 Å². The fourth-order valence-corrected chi connectivity index (χ4v) is 4.78. The molecule has 7 heteroatoms. The minimum absolute atomic E-state index is 0.127. The highest BCUT2D eigenvalue weighted by Gasteiger charge is 2.32. The summed E-state index contributed by atoms with van der Waals surface area (Å²) in [6.07, 6.45) is -0.629. The first-order chi connectivity index (χ1) is 13.7. The molecule has 2 aromatic carbocycles. The van der Waals surface area contributed by atoms with Crippen LogP contribution in [0, 0.1) is 20.8 Å². The SMILES string of the molecule is Cc1ccc(S(=O)(=O)N2CCN(C(=O)C(C)Oc3cccc(C)c3C)CC2)cc1. The molecule has 156 valence electrons. The van der Waals surface area contributed by atoms with Crippen molar-refractivity contribution in [1.82, 2.24) is 9.21 Å². The minimum Gasteiger partial charge on any atom is -0.481 e. The molecule has 29 heavy (non-hydrogen) atoms. The summed E-state index contributed by atoms with van der Waals surface area (Å²) in [6.45, 7) is 8.88. The van der Waals surface area contributed by atoms with Crippen LogP contribution in [0.15, 0.2) is 47.4 Å². The first kappa shape index (κ1) is 21.3. The Balaban J connectivity index is 1.61. The number of piperazine rings is 1. The van der Waals surface area contributed by atoms with Crippen LogP contribution < -0.4 is 4.74 Å². The van der Waals surface area contributed by atoms with E-state index in [-0.39, 0.29) is 23.9 Å². The standard InChI is InChI=1S/C22H28N2O4S/c1-16-8-10-20(11-9-16)29(26,27)24-14-12-23(13-15-24)22(25)19(4)28-21-7-5-6-17(2)18(21)3/h5-11,19H,12-15H2,1-4H3. The molecule has 1 aliphatic rings. The van der Waals surface area contributed by atoms with Crippen molar-refractivity contribution in [3.05, 3.63) is 59.2 Å². The summed E-state index contributed by atoms with van der Waals surface area (Å²) in [5, 5.41) is 0. The summed E-state index contributed by atoms with van der Waals surface area (Å²) in [5.41, 5.74) is 3.13. The molecule has 1 fully saturated rings. The summed E-state index contributed by atoms with van der Waals surface area (Å²) >= 11 is 0. The van der Waals surface area contributed by atoms with Gasteiger partial charge in [0.05, 0.1) is 4.90 Å². The third-order valence-corrected chi connectivity index (χ3v) is 7.33. The molecule has 0 spiro atoms. The Morgan fingerprint density at radius 3 is 2.21 bits per heavy atom. The van der Waals surface area contributed by atoms with Crippen LogP contribution in [0.5, 0.6) is 5.75 Å². The van der Waals surface area contributed by atoms with Crippen LogP contribution in [0.2, 0.25) is 0 Å². The van der Waals surface area contributed by atoms with E-state index < -0.39 is 16.1 Å². The van der Waals surface area contributed by atoms with Crippen LogP contribution in [0.25, 0.3) is 0 Å². The van der Waals surface area contributed by atoms with E-state index in [1.165, 1.54) is 4.31 Å². The first-order valence-corrected chi connectivity index (χ1v) is 11.2. The molecule has 0 radical (unpaired) electrons. The van der Waals surface area contributed by atoms with E-state index in [0.717, 1.165) is 16.7 Å². The van der Waals surface area contributed by atoms with E-state index >= 15 is 0 Å². The lowest BCUT2D eigenvalue weighted by Crippen LogP contribution is -2.53. The van der Waals surface area contributed by atoms with E-state index in [9.17, 15) is 13.2 Å². The molecule has 0 N–H and O–H groups in total. The van der Waals surface area contributed by atoms with E-state index in [1.54, 1.807) is 36.1 Å². The van der Waals surface area contributed by atoms with Gasteiger partial charge in [-0.05, 0) is 57.0 Å². The van der Waals surface area contributed by atoms with Gasteiger partial charge >= 0.3 is 0 Å². The molecule has 1 saturated heterocycles. The second-order valence-corrected chi connectivity index (χ2v) is 9.44. The van der Waals surface area contributed by atoms with E-state index in [0.29, 0.717) is 18.8 Å². The van der Waals surface area contributed by atoms with Gasteiger partial charge in [-0.2, -0.15) is 4.31 Å². The number of hydrogen-bond donors (Lipinski definition) is 0. The van der Waals surface area contributed by atoms with Gasteiger partial charge in [0.25, 0.3) is 5.91 Å². The third-order valence-electron chi connectivity index (χ3n) is 5.42. The molecule has 2 aromatic rings. The van der Waals surface area contributed by atoms with E-state index in [1.807, 2.05) is 39.0 Å². The number of ether oxygens (including phenoxy) is 1. The maximum Gasteiger partial charge on any atom is 0.263 e. The van der Waals surface area contributed by atoms with Crippen LogP contribution in [-0.4, -0.2) is 55.8 Å². The lowest BCUT2D eigenvalue weighted by molar-refractivity contribution is -0.139. The summed E-state index contributed by atoms with van der Waals surface area (Å²) in [5.74, 6) is 0.574. The lowest BCUT2D eigenvalue weighted by atomic mass is 10.1. The lowest BCUT2D eigenvalue weighted by Gasteiger charge is -2.35. The molecule has 0 bridgehead atoms. The maximum atomic E-state index is 12.8. The van der Waals surface area contributed by atoms with Gasteiger partial charge in [0.15, 0.2) is 6.10 Å². The maximum absolute atomic E-state index is 12.8. The van der Waals surface area contributed by atoms with Crippen molar-refractivity contribution < 1.29 is 17.9 Å². The fourth-order valence-electron chi connectivity index (χ4n) is 3.36. The predicted molar refractivity (Wildman–Crippen MR) is 113 cm³/mol. The number of sulfonamides is 1. The van der Waals surface area contributed by atoms with Gasteiger partial charge in [0.2, 0.25) is 10.0 Å². The van der Waals surface area contributed by atoms with Gasteiger partial charge in [-0.25, -0.2) is 8.42 Å². The molecule has 6 nitrogen and oxygen atoms in total. The molecule has 0 saturated carbocycles. The fraction of sp³-hybridized carbons (Fsp3) is 0.409. The van der Waals surface area contributed by atoms with Crippen molar-refractivity contribution in [2.45, 2.75) is 38.7 Å². The van der Waals surface area contributed by atoms with Crippen LogP contribution in [-0.2, 0) is 14.8 Å². The van der Waals surface area contributed by atoms with Crippen LogP contribution in [0.1, 0.15) is 23.6 Å². The molecule has 3 rings (SSSR count). The molecule has 1 unspecified atom stereocenters. The Labute approximate surface area is 173 Å². The zero-order valence-corrected chi connectivity index (χ0v) is 18.2. The summed E-state index contributed by atoms with van der Waals surface area (Å²) < 4.78 is 33.0. The number of aryl methyl sites for hydroxylation is 2. The Kier molecular flexibility index (Phi) is 6.29. The molecule has 1 aliphatic heterocycles. The van der Waals surface area contributed by atoms with Crippen molar-refractivity contribution in [3.63, 3.8) is 0 Å². The summed E-state index contributed by atoms with van der Waals surface area (Å²) in [6, 6.07) is 12.6. The molecule has 1 heterocycles. The molecular weight excluding hydrogens is 388 g/mol. The van der Waals surface area contributed by atoms with Gasteiger partial charge in [-0.1, -0.05) is 29.8 Å². The molecule has 0 aromatic heterocycles. The number of hydrogen-bond acceptors (Lipinski definition) is 4. The van der Waals surface area contributed by atoms with Crippen LogP contribution in [0.3, 0.4) is 0 Å². The smallest absolute Gasteiger partial charge is 0.263 e. The molecule has 1 amide bonds. The van der Waals surface area contributed by atoms with Crippen molar-refractivity contribution in [3.8, 4) is 5.75 Å².